The fourth-order valence-corrected chi connectivity index (χ4v) is 5.24. The molecule has 0 saturated heterocycles. The van der Waals surface area contributed by atoms with E-state index in [4.69, 9.17) is 4.12 Å². The molecule has 2 nitrogen and oxygen atoms in total. The fraction of sp³-hybridized carbons (Fsp3) is 0.0769. The van der Waals surface area contributed by atoms with E-state index in [-0.39, 0.29) is 7.43 Å². The van der Waals surface area contributed by atoms with Crippen LogP contribution in [-0.2, 0) is 4.12 Å². The lowest BCUT2D eigenvalue weighted by Gasteiger charge is -2.24. The van der Waals surface area contributed by atoms with E-state index in [1.807, 2.05) is 60.7 Å². The molecule has 0 atom stereocenters. The highest BCUT2D eigenvalue weighted by Gasteiger charge is 2.36. The van der Waals surface area contributed by atoms with E-state index < -0.39 is 8.56 Å². The number of hydrogen-bond donors (Lipinski definition) is 1. The summed E-state index contributed by atoms with van der Waals surface area (Å²) >= 11 is 0. The van der Waals surface area contributed by atoms with Crippen LogP contribution < -0.4 is 10.4 Å². The van der Waals surface area contributed by atoms with Crippen LogP contribution in [0.15, 0.2) is 60.7 Å². The predicted molar refractivity (Wildman–Crippen MR) is 77.9 cm³/mol. The summed E-state index contributed by atoms with van der Waals surface area (Å²) in [5.41, 5.74) is 0. The first kappa shape index (κ1) is 13.9. The molecule has 0 saturated carbocycles. The molecule has 0 heterocycles. The maximum atomic E-state index is 10.7. The molecule has 0 bridgehead atoms. The standard InChI is InChI=1S/C12H14O2Si2.CH4/c13-16(14-15,11-7-3-1-4-8-11)12-9-5-2-6-10-12;/h1-10,13H,15H3;1H4. The van der Waals surface area contributed by atoms with Crippen molar-refractivity contribution in [2.75, 3.05) is 0 Å². The van der Waals surface area contributed by atoms with Gasteiger partial charge in [-0.15, -0.1) is 0 Å². The van der Waals surface area contributed by atoms with Crippen molar-refractivity contribution in [2.45, 2.75) is 7.43 Å². The van der Waals surface area contributed by atoms with Gasteiger partial charge in [-0.2, -0.15) is 0 Å². The van der Waals surface area contributed by atoms with E-state index in [1.54, 1.807) is 0 Å². The molecule has 0 spiro atoms. The van der Waals surface area contributed by atoms with Crippen LogP contribution in [0.5, 0.6) is 0 Å². The van der Waals surface area contributed by atoms with Crippen molar-refractivity contribution < 1.29 is 8.91 Å². The molecule has 2 rings (SSSR count). The lowest BCUT2D eigenvalue weighted by atomic mass is 10.4. The topological polar surface area (TPSA) is 29.5 Å². The van der Waals surface area contributed by atoms with Gasteiger partial charge in [0, 0.05) is 0 Å². The molecular weight excluding hydrogens is 244 g/mol. The van der Waals surface area contributed by atoms with Crippen molar-refractivity contribution in [3.05, 3.63) is 60.7 Å². The Labute approximate surface area is 107 Å². The maximum absolute atomic E-state index is 10.7. The second kappa shape index (κ2) is 5.93. The zero-order valence-electron chi connectivity index (χ0n) is 9.13. The van der Waals surface area contributed by atoms with E-state index in [0.717, 1.165) is 10.4 Å². The summed E-state index contributed by atoms with van der Waals surface area (Å²) in [6.45, 7) is 0. The second-order valence-electron chi connectivity index (χ2n) is 3.58. The van der Waals surface area contributed by atoms with E-state index in [1.165, 1.54) is 0 Å². The Hall–Kier alpha value is -1.21. The van der Waals surface area contributed by atoms with Crippen molar-refractivity contribution in [1.82, 2.24) is 0 Å². The second-order valence-corrected chi connectivity index (χ2v) is 7.66. The van der Waals surface area contributed by atoms with Crippen LogP contribution in [0.1, 0.15) is 7.43 Å². The first-order valence-electron chi connectivity index (χ1n) is 5.16. The van der Waals surface area contributed by atoms with Gasteiger partial charge in [0.1, 0.15) is 10.5 Å². The average Bonchev–Trinajstić information content (AvgIpc) is 2.40. The predicted octanol–water partition coefficient (Wildman–Crippen LogP) is 0.168. The fourth-order valence-electron chi connectivity index (χ4n) is 1.73. The van der Waals surface area contributed by atoms with Crippen LogP contribution in [0, 0.1) is 0 Å². The van der Waals surface area contributed by atoms with Gasteiger partial charge in [0.15, 0.2) is 0 Å². The summed E-state index contributed by atoms with van der Waals surface area (Å²) in [6, 6.07) is 19.3. The molecule has 0 aliphatic rings. The number of rotatable bonds is 3. The Morgan fingerprint density at radius 2 is 1.18 bits per heavy atom. The van der Waals surface area contributed by atoms with Crippen LogP contribution in [0.25, 0.3) is 0 Å². The van der Waals surface area contributed by atoms with Gasteiger partial charge in [0.2, 0.25) is 0 Å². The molecule has 0 radical (unpaired) electrons. The molecule has 0 aliphatic carbocycles. The van der Waals surface area contributed by atoms with Crippen molar-refractivity contribution in [3.63, 3.8) is 0 Å². The lowest BCUT2D eigenvalue weighted by molar-refractivity contribution is 0.431. The highest BCUT2D eigenvalue weighted by atomic mass is 28.4. The molecule has 0 fully saturated rings. The van der Waals surface area contributed by atoms with Crippen LogP contribution in [-0.4, -0.2) is 23.8 Å². The minimum Gasteiger partial charge on any atom is -0.438 e. The largest absolute Gasteiger partial charge is 0.438 e. The van der Waals surface area contributed by atoms with Crippen molar-refractivity contribution in [2.24, 2.45) is 0 Å². The van der Waals surface area contributed by atoms with Gasteiger partial charge in [0.05, 0.1) is 0 Å². The number of hydrogen-bond acceptors (Lipinski definition) is 2. The van der Waals surface area contributed by atoms with Crippen molar-refractivity contribution >= 4 is 29.4 Å². The SMILES string of the molecule is C.O[Si](O[SiH3])(c1ccccc1)c1ccccc1. The van der Waals surface area contributed by atoms with Crippen LogP contribution in [0.4, 0.5) is 0 Å². The molecule has 4 heteroatoms. The average molecular weight is 262 g/mol. The zero-order valence-corrected chi connectivity index (χ0v) is 12.1. The molecule has 1 N–H and O–H groups in total. The summed E-state index contributed by atoms with van der Waals surface area (Å²) < 4.78 is 5.54. The van der Waals surface area contributed by atoms with Crippen LogP contribution in [0.3, 0.4) is 0 Å². The Kier molecular flexibility index (Phi) is 4.83. The highest BCUT2D eigenvalue weighted by Crippen LogP contribution is 2.02. The molecule has 2 aromatic carbocycles. The highest BCUT2D eigenvalue weighted by molar-refractivity contribution is 6.93. The monoisotopic (exact) mass is 262 g/mol. The lowest BCUT2D eigenvalue weighted by Crippen LogP contribution is -2.60. The van der Waals surface area contributed by atoms with E-state index in [0.29, 0.717) is 10.5 Å². The number of benzene rings is 2. The van der Waals surface area contributed by atoms with Gasteiger partial charge < -0.3 is 8.91 Å². The molecular formula is C13H18O2Si2. The summed E-state index contributed by atoms with van der Waals surface area (Å²) in [6.07, 6.45) is 0. The first-order chi connectivity index (χ1) is 7.77. The molecule has 0 aliphatic heterocycles. The minimum atomic E-state index is -2.91. The third-order valence-corrected chi connectivity index (χ3v) is 7.22. The quantitative estimate of drug-likeness (QED) is 0.799. The van der Waals surface area contributed by atoms with Gasteiger partial charge in [-0.25, -0.2) is 0 Å². The van der Waals surface area contributed by atoms with E-state index in [2.05, 4.69) is 0 Å². The normalized spacial score (nSPS) is 10.9. The summed E-state index contributed by atoms with van der Waals surface area (Å²) in [7, 11) is -2.39. The van der Waals surface area contributed by atoms with E-state index >= 15 is 0 Å². The molecule has 90 valence electrons. The summed E-state index contributed by atoms with van der Waals surface area (Å²) in [5, 5.41) is 1.80. The maximum Gasteiger partial charge on any atom is 0.393 e. The third-order valence-electron chi connectivity index (χ3n) is 2.63. The third kappa shape index (κ3) is 2.73. The summed E-state index contributed by atoms with van der Waals surface area (Å²) in [4.78, 5) is 10.7. The van der Waals surface area contributed by atoms with Gasteiger partial charge in [-0.1, -0.05) is 68.1 Å². The van der Waals surface area contributed by atoms with Gasteiger partial charge in [-0.3, -0.25) is 0 Å². The van der Waals surface area contributed by atoms with Crippen LogP contribution in [0.2, 0.25) is 0 Å². The Morgan fingerprint density at radius 3 is 1.47 bits per heavy atom. The Bertz CT molecular complexity index is 406. The van der Waals surface area contributed by atoms with Crippen molar-refractivity contribution in [3.8, 4) is 0 Å². The Morgan fingerprint density at radius 1 is 0.824 bits per heavy atom. The molecule has 0 unspecified atom stereocenters. The van der Waals surface area contributed by atoms with Crippen LogP contribution >= 0.6 is 0 Å². The first-order valence-corrected chi connectivity index (χ1v) is 7.83. The van der Waals surface area contributed by atoms with Gasteiger partial charge in [0.25, 0.3) is 0 Å². The van der Waals surface area contributed by atoms with E-state index in [9.17, 15) is 4.80 Å². The van der Waals surface area contributed by atoms with Gasteiger partial charge in [-0.05, 0) is 10.4 Å². The minimum absolute atomic E-state index is 0. The molecule has 17 heavy (non-hydrogen) atoms. The molecule has 2 aromatic rings. The smallest absolute Gasteiger partial charge is 0.393 e. The Balaban J connectivity index is 0.00000144. The van der Waals surface area contributed by atoms with Gasteiger partial charge >= 0.3 is 8.56 Å². The molecule has 0 amide bonds. The zero-order chi connectivity index (χ0) is 11.4. The molecule has 0 aromatic heterocycles. The summed E-state index contributed by atoms with van der Waals surface area (Å²) in [5.74, 6) is 0. The van der Waals surface area contributed by atoms with Crippen molar-refractivity contribution in [1.29, 1.82) is 0 Å².